The normalized spacial score (nSPS) is 16.9. The zero-order chi connectivity index (χ0) is 33.2. The number of hydrogen-bond donors (Lipinski definition) is 1. The molecule has 1 fully saturated rings. The molecular formula is C41H67N3. The molecule has 0 saturated heterocycles. The molecule has 0 spiro atoms. The molecule has 0 bridgehead atoms. The predicted octanol–water partition coefficient (Wildman–Crippen LogP) is 11.5. The highest BCUT2D eigenvalue weighted by Crippen LogP contribution is 2.40. The Hall–Kier alpha value is -2.81. The highest BCUT2D eigenvalue weighted by atomic mass is 15.1. The van der Waals surface area contributed by atoms with Gasteiger partial charge < -0.3 is 10.2 Å². The molecule has 0 aliphatic heterocycles. The minimum absolute atomic E-state index is 0.554. The second-order valence-corrected chi connectivity index (χ2v) is 12.3. The number of aliphatic imine (C=N–C) groups is 1. The third-order valence-corrected chi connectivity index (χ3v) is 9.23. The molecule has 3 heteroatoms. The van der Waals surface area contributed by atoms with Crippen LogP contribution in [0.15, 0.2) is 65.8 Å². The van der Waals surface area contributed by atoms with Crippen LogP contribution in [0.25, 0.3) is 0 Å². The van der Waals surface area contributed by atoms with Gasteiger partial charge in [0.2, 0.25) is 0 Å². The van der Waals surface area contributed by atoms with E-state index in [-0.39, 0.29) is 0 Å². The van der Waals surface area contributed by atoms with Gasteiger partial charge in [0.05, 0.1) is 11.4 Å². The van der Waals surface area contributed by atoms with Gasteiger partial charge in [-0.15, -0.1) is 0 Å². The van der Waals surface area contributed by atoms with Crippen LogP contribution in [0.2, 0.25) is 0 Å². The van der Waals surface area contributed by atoms with Crippen molar-refractivity contribution in [3.8, 4) is 0 Å². The Labute approximate surface area is 273 Å². The first-order valence-electron chi connectivity index (χ1n) is 17.6. The molecule has 0 heterocycles. The van der Waals surface area contributed by atoms with Gasteiger partial charge in [-0.05, 0) is 119 Å². The van der Waals surface area contributed by atoms with Crippen molar-refractivity contribution in [3.63, 3.8) is 0 Å². The van der Waals surface area contributed by atoms with E-state index in [1.165, 1.54) is 70.6 Å². The summed E-state index contributed by atoms with van der Waals surface area (Å²) in [5.74, 6) is 1.86. The number of hydrogen-bond acceptors (Lipinski definition) is 3. The molecule has 0 radical (unpaired) electrons. The van der Waals surface area contributed by atoms with Crippen LogP contribution in [0.1, 0.15) is 117 Å². The summed E-state index contributed by atoms with van der Waals surface area (Å²) >= 11 is 0. The molecule has 246 valence electrons. The molecule has 0 amide bonds. The average Bonchev–Trinajstić information content (AvgIpc) is 3.04. The molecule has 0 aromatic heterocycles. The number of rotatable bonds is 14. The largest absolute Gasteiger partial charge is 0.389 e. The van der Waals surface area contributed by atoms with Crippen molar-refractivity contribution in [1.29, 1.82) is 0 Å². The molecule has 1 saturated carbocycles. The Morgan fingerprint density at radius 2 is 1.66 bits per heavy atom. The number of benzene rings is 2. The minimum Gasteiger partial charge on any atom is -0.389 e. The van der Waals surface area contributed by atoms with Crippen LogP contribution in [0.5, 0.6) is 0 Å². The third-order valence-electron chi connectivity index (χ3n) is 9.23. The first-order valence-corrected chi connectivity index (χ1v) is 17.6. The Bertz CT molecular complexity index is 1170. The summed E-state index contributed by atoms with van der Waals surface area (Å²) < 4.78 is 0. The summed E-state index contributed by atoms with van der Waals surface area (Å²) in [5.41, 5.74) is 11.8. The Morgan fingerprint density at radius 3 is 2.27 bits per heavy atom. The van der Waals surface area contributed by atoms with Crippen molar-refractivity contribution in [2.75, 3.05) is 25.0 Å². The monoisotopic (exact) mass is 602 g/mol. The lowest BCUT2D eigenvalue weighted by Crippen LogP contribution is -2.26. The van der Waals surface area contributed by atoms with Crippen LogP contribution in [0, 0.1) is 24.7 Å². The van der Waals surface area contributed by atoms with E-state index in [4.69, 9.17) is 4.99 Å². The molecule has 1 N–H and O–H groups in total. The summed E-state index contributed by atoms with van der Waals surface area (Å²) in [4.78, 5) is 7.95. The standard InChI is InChI=1S/C37H55N3.2C2H6/c1-10-35-32(19-14-23-38-27(4)5)20-21-36(40(9)24-22-31-16-12-11-15-28(31)6)37(35)39-30(8)34-18-13-17-33(25-34)29(7)26(2)3;2*1-2/h11-12,15-16,20-21,29,33-34,38H,2,4,10,13-14,17-19,22-25H2,1,3,5-9H3;2*1-2H3/t29-,33?,34+;;/m0../s1. The van der Waals surface area contributed by atoms with Crippen molar-refractivity contribution in [1.82, 2.24) is 5.32 Å². The zero-order valence-electron chi connectivity index (χ0n) is 30.6. The molecule has 1 unspecified atom stereocenters. The third kappa shape index (κ3) is 11.9. The Balaban J connectivity index is 0.00000232. The first kappa shape index (κ1) is 39.2. The fourth-order valence-corrected chi connectivity index (χ4v) is 6.34. The summed E-state index contributed by atoms with van der Waals surface area (Å²) in [6.45, 7) is 31.6. The zero-order valence-corrected chi connectivity index (χ0v) is 30.6. The van der Waals surface area contributed by atoms with Crippen LogP contribution in [0.3, 0.4) is 0 Å². The number of nitrogens with zero attached hydrogens (tertiary/aromatic N) is 2. The number of aryl methyl sites for hydroxylation is 2. The van der Waals surface area contributed by atoms with Crippen LogP contribution in [0.4, 0.5) is 11.4 Å². The highest BCUT2D eigenvalue weighted by molar-refractivity contribution is 5.90. The number of allylic oxidation sites excluding steroid dienone is 2. The fourth-order valence-electron chi connectivity index (χ4n) is 6.34. The summed E-state index contributed by atoms with van der Waals surface area (Å²) in [7, 11) is 2.24. The molecule has 1 aliphatic carbocycles. The van der Waals surface area contributed by atoms with E-state index < -0.39 is 0 Å². The topological polar surface area (TPSA) is 27.6 Å². The smallest absolute Gasteiger partial charge is 0.0896 e. The molecule has 3 rings (SSSR count). The van der Waals surface area contributed by atoms with E-state index in [1.807, 2.05) is 34.6 Å². The van der Waals surface area contributed by atoms with E-state index in [2.05, 4.69) is 101 Å². The van der Waals surface area contributed by atoms with Crippen LogP contribution in [-0.4, -0.2) is 25.8 Å². The minimum atomic E-state index is 0.554. The van der Waals surface area contributed by atoms with Gasteiger partial charge in [0.1, 0.15) is 0 Å². The van der Waals surface area contributed by atoms with Gasteiger partial charge in [-0.25, -0.2) is 0 Å². The summed E-state index contributed by atoms with van der Waals surface area (Å²) in [6, 6.07) is 13.4. The van der Waals surface area contributed by atoms with Crippen molar-refractivity contribution < 1.29 is 0 Å². The van der Waals surface area contributed by atoms with Gasteiger partial charge in [-0.3, -0.25) is 4.99 Å². The van der Waals surface area contributed by atoms with Crippen LogP contribution < -0.4 is 10.2 Å². The molecule has 3 nitrogen and oxygen atoms in total. The lowest BCUT2D eigenvalue weighted by atomic mass is 9.72. The van der Waals surface area contributed by atoms with E-state index in [0.717, 1.165) is 50.4 Å². The maximum absolute atomic E-state index is 5.53. The van der Waals surface area contributed by atoms with Gasteiger partial charge in [0.25, 0.3) is 0 Å². The van der Waals surface area contributed by atoms with Gasteiger partial charge in [0.15, 0.2) is 0 Å². The highest BCUT2D eigenvalue weighted by Gasteiger charge is 2.28. The van der Waals surface area contributed by atoms with E-state index in [1.54, 1.807) is 0 Å². The maximum atomic E-state index is 5.53. The predicted molar refractivity (Wildman–Crippen MR) is 200 cm³/mol. The van der Waals surface area contributed by atoms with E-state index in [0.29, 0.717) is 11.8 Å². The van der Waals surface area contributed by atoms with E-state index >= 15 is 0 Å². The summed E-state index contributed by atoms with van der Waals surface area (Å²) in [5, 5.41) is 3.39. The van der Waals surface area contributed by atoms with Gasteiger partial charge >= 0.3 is 0 Å². The molecule has 44 heavy (non-hydrogen) atoms. The second-order valence-electron chi connectivity index (χ2n) is 12.3. The van der Waals surface area contributed by atoms with Crippen molar-refractivity contribution in [3.05, 3.63) is 83.1 Å². The van der Waals surface area contributed by atoms with Gasteiger partial charge in [-0.2, -0.15) is 0 Å². The molecule has 3 atom stereocenters. The Morgan fingerprint density at radius 1 is 0.977 bits per heavy atom. The van der Waals surface area contributed by atoms with Crippen molar-refractivity contribution in [2.45, 2.75) is 121 Å². The first-order chi connectivity index (χ1) is 21.1. The Kier molecular flexibility index (Phi) is 18.7. The fraction of sp³-hybridized carbons (Fsp3) is 0.585. The second kappa shape index (κ2) is 21.0. The van der Waals surface area contributed by atoms with Crippen LogP contribution >= 0.6 is 0 Å². The number of nitrogens with one attached hydrogen (secondary N) is 1. The SMILES string of the molecule is C=C(C)NCCCc1ccc(N(C)CCc2ccccc2C)c(N=C(C)[C@@H]2CCCC([C@@H](C)C(=C)C)C2)c1CC.CC.CC. The average molecular weight is 602 g/mol. The van der Waals surface area contributed by atoms with Crippen LogP contribution in [-0.2, 0) is 19.3 Å². The summed E-state index contributed by atoms with van der Waals surface area (Å²) in [6.07, 6.45) is 9.26. The van der Waals surface area contributed by atoms with Gasteiger partial charge in [0, 0.05) is 31.5 Å². The van der Waals surface area contributed by atoms with Crippen molar-refractivity contribution in [2.24, 2.45) is 22.7 Å². The van der Waals surface area contributed by atoms with Gasteiger partial charge in [-0.1, -0.05) is 97.0 Å². The lowest BCUT2D eigenvalue weighted by molar-refractivity contribution is 0.260. The van der Waals surface area contributed by atoms with Crippen molar-refractivity contribution >= 4 is 17.1 Å². The molecule has 1 aliphatic rings. The number of likely N-dealkylation sites (N-methyl/N-ethyl adjacent to an activating group) is 1. The molecule has 2 aromatic rings. The maximum Gasteiger partial charge on any atom is 0.0896 e. The molecule has 2 aromatic carbocycles. The number of anilines is 1. The van der Waals surface area contributed by atoms with E-state index in [9.17, 15) is 0 Å². The quantitative estimate of drug-likeness (QED) is 0.132. The lowest BCUT2D eigenvalue weighted by Gasteiger charge is -2.33. The molecular weight excluding hydrogens is 534 g/mol.